The first-order chi connectivity index (χ1) is 7.52. The fourth-order valence-corrected chi connectivity index (χ4v) is 3.02. The molecule has 0 N–H and O–H groups in total. The lowest BCUT2D eigenvalue weighted by Crippen LogP contribution is -2.43. The zero-order chi connectivity index (χ0) is 11.9. The average Bonchev–Trinajstić information content (AvgIpc) is 2.23. The molecule has 0 amide bonds. The number of halogens is 2. The summed E-state index contributed by atoms with van der Waals surface area (Å²) in [4.78, 5) is 23.0. The quantitative estimate of drug-likeness (QED) is 0.535. The molecule has 0 radical (unpaired) electrons. The van der Waals surface area contributed by atoms with Crippen LogP contribution in [0.15, 0.2) is 24.3 Å². The maximum absolute atomic E-state index is 11.8. The van der Waals surface area contributed by atoms with Crippen molar-refractivity contribution in [1.29, 1.82) is 0 Å². The molecule has 0 heterocycles. The Hall–Kier alpha value is -0.600. The summed E-state index contributed by atoms with van der Waals surface area (Å²) in [5.41, 5.74) is 0. The topological polar surface area (TPSA) is 34.1 Å². The molecular formula is C12H12Cl2O2. The largest absolute Gasteiger partial charge is 0.294 e. The zero-order valence-electron chi connectivity index (χ0n) is 8.77. The summed E-state index contributed by atoms with van der Waals surface area (Å²) >= 11 is 11.7. The van der Waals surface area contributed by atoms with Crippen LogP contribution in [0.5, 0.6) is 0 Å². The normalized spacial score (nSPS) is 38.0. The molecule has 0 spiro atoms. The van der Waals surface area contributed by atoms with Crippen LogP contribution in [0.25, 0.3) is 0 Å². The minimum absolute atomic E-state index is 0.000401. The van der Waals surface area contributed by atoms with Crippen LogP contribution in [0.2, 0.25) is 0 Å². The molecule has 0 saturated heterocycles. The van der Waals surface area contributed by atoms with E-state index in [2.05, 4.69) is 0 Å². The molecule has 4 heteroatoms. The highest BCUT2D eigenvalue weighted by atomic mass is 35.5. The lowest BCUT2D eigenvalue weighted by Gasteiger charge is -2.37. The molecule has 0 aliphatic heterocycles. The Kier molecular flexibility index (Phi) is 3.22. The highest BCUT2D eigenvalue weighted by Gasteiger charge is 2.45. The van der Waals surface area contributed by atoms with Gasteiger partial charge in [0.2, 0.25) is 0 Å². The highest BCUT2D eigenvalue weighted by molar-refractivity contribution is 6.44. The van der Waals surface area contributed by atoms with Crippen molar-refractivity contribution in [3.8, 4) is 0 Å². The van der Waals surface area contributed by atoms with Crippen molar-refractivity contribution in [3.05, 3.63) is 24.3 Å². The molecule has 16 heavy (non-hydrogen) atoms. The summed E-state index contributed by atoms with van der Waals surface area (Å²) in [6.45, 7) is 1.94. The molecular weight excluding hydrogens is 247 g/mol. The molecule has 4 unspecified atom stereocenters. The first kappa shape index (κ1) is 11.9. The van der Waals surface area contributed by atoms with E-state index in [0.717, 1.165) is 0 Å². The zero-order valence-corrected chi connectivity index (χ0v) is 10.3. The number of alkyl halides is 2. The van der Waals surface area contributed by atoms with Crippen LogP contribution in [0.1, 0.15) is 6.92 Å². The second-order valence-corrected chi connectivity index (χ2v) is 5.51. The molecule has 0 aromatic rings. The Morgan fingerprint density at radius 2 is 1.62 bits per heavy atom. The monoisotopic (exact) mass is 258 g/mol. The molecule has 2 aliphatic carbocycles. The Morgan fingerprint density at radius 3 is 2.19 bits per heavy atom. The van der Waals surface area contributed by atoms with Crippen LogP contribution in [-0.4, -0.2) is 16.4 Å². The highest BCUT2D eigenvalue weighted by Crippen LogP contribution is 2.41. The summed E-state index contributed by atoms with van der Waals surface area (Å²) in [5, 5.41) is 0. The molecule has 2 aliphatic rings. The standard InChI is InChI=1S/C12H12Cl2O2/c1-6-2-3-7(12(13)14)11-9(16)5-4-8(15)10(6)11/h2-7,10-12H,1H3. The number of hydrogen-bond acceptors (Lipinski definition) is 2. The van der Waals surface area contributed by atoms with Crippen molar-refractivity contribution < 1.29 is 9.59 Å². The van der Waals surface area contributed by atoms with Crippen LogP contribution < -0.4 is 0 Å². The second-order valence-electron chi connectivity index (χ2n) is 4.35. The van der Waals surface area contributed by atoms with Gasteiger partial charge in [0.1, 0.15) is 4.84 Å². The molecule has 0 fully saturated rings. The van der Waals surface area contributed by atoms with E-state index >= 15 is 0 Å². The molecule has 0 saturated carbocycles. The molecule has 0 bridgehead atoms. The smallest absolute Gasteiger partial charge is 0.160 e. The van der Waals surface area contributed by atoms with E-state index in [0.29, 0.717) is 0 Å². The predicted molar refractivity (Wildman–Crippen MR) is 63.4 cm³/mol. The Balaban J connectivity index is 2.42. The van der Waals surface area contributed by atoms with Crippen LogP contribution >= 0.6 is 23.2 Å². The summed E-state index contributed by atoms with van der Waals surface area (Å²) in [5.74, 6) is -0.928. The van der Waals surface area contributed by atoms with Gasteiger partial charge in [-0.15, -0.1) is 23.2 Å². The van der Waals surface area contributed by atoms with Gasteiger partial charge < -0.3 is 0 Å². The van der Waals surface area contributed by atoms with Gasteiger partial charge in [0, 0.05) is 17.8 Å². The van der Waals surface area contributed by atoms with Crippen LogP contribution in [0.3, 0.4) is 0 Å². The fraction of sp³-hybridized carbons (Fsp3) is 0.500. The number of carbonyl (C=O) groups excluding carboxylic acids is 2. The third-order valence-electron chi connectivity index (χ3n) is 3.36. The maximum Gasteiger partial charge on any atom is 0.160 e. The number of fused-ring (bicyclic) bond motifs is 1. The van der Waals surface area contributed by atoms with Gasteiger partial charge in [-0.2, -0.15) is 0 Å². The summed E-state index contributed by atoms with van der Waals surface area (Å²) < 4.78 is 0. The minimum Gasteiger partial charge on any atom is -0.294 e. The van der Waals surface area contributed by atoms with Crippen LogP contribution in [-0.2, 0) is 9.59 Å². The molecule has 0 aromatic carbocycles. The molecule has 86 valence electrons. The van der Waals surface area contributed by atoms with Crippen molar-refractivity contribution in [1.82, 2.24) is 0 Å². The first-order valence-electron chi connectivity index (χ1n) is 5.24. The number of carbonyl (C=O) groups is 2. The van der Waals surface area contributed by atoms with Gasteiger partial charge in [-0.05, 0) is 18.1 Å². The van der Waals surface area contributed by atoms with Gasteiger partial charge in [0.05, 0.1) is 0 Å². The fourth-order valence-electron chi connectivity index (χ4n) is 2.54. The van der Waals surface area contributed by atoms with E-state index < -0.39 is 10.8 Å². The summed E-state index contributed by atoms with van der Waals surface area (Å²) in [6.07, 6.45) is 6.50. The van der Waals surface area contributed by atoms with E-state index in [1.54, 1.807) is 0 Å². The third-order valence-corrected chi connectivity index (χ3v) is 3.95. The van der Waals surface area contributed by atoms with Crippen molar-refractivity contribution in [3.63, 3.8) is 0 Å². The van der Waals surface area contributed by atoms with Gasteiger partial charge in [-0.25, -0.2) is 0 Å². The summed E-state index contributed by atoms with van der Waals surface area (Å²) in [7, 11) is 0. The van der Waals surface area contributed by atoms with Gasteiger partial charge in [-0.1, -0.05) is 19.1 Å². The van der Waals surface area contributed by atoms with E-state index in [1.807, 2.05) is 19.1 Å². The number of rotatable bonds is 1. The Labute approximate surface area is 104 Å². The van der Waals surface area contributed by atoms with E-state index in [1.165, 1.54) is 12.2 Å². The van der Waals surface area contributed by atoms with Crippen molar-refractivity contribution >= 4 is 34.8 Å². The number of ketones is 2. The van der Waals surface area contributed by atoms with E-state index in [9.17, 15) is 9.59 Å². The van der Waals surface area contributed by atoms with Gasteiger partial charge in [0.25, 0.3) is 0 Å². The lowest BCUT2D eigenvalue weighted by atomic mass is 9.66. The molecule has 2 rings (SSSR count). The molecule has 4 atom stereocenters. The average molecular weight is 259 g/mol. The summed E-state index contributed by atoms with van der Waals surface area (Å²) in [6, 6.07) is 0. The van der Waals surface area contributed by atoms with Gasteiger partial charge in [0.15, 0.2) is 11.6 Å². The van der Waals surface area contributed by atoms with Crippen molar-refractivity contribution in [2.24, 2.45) is 23.7 Å². The Bertz CT molecular complexity index is 384. The van der Waals surface area contributed by atoms with E-state index in [4.69, 9.17) is 23.2 Å². The number of allylic oxidation sites excluding steroid dienone is 4. The minimum atomic E-state index is -0.653. The molecule has 0 aromatic heterocycles. The first-order valence-corrected chi connectivity index (χ1v) is 6.12. The lowest BCUT2D eigenvalue weighted by molar-refractivity contribution is -0.132. The van der Waals surface area contributed by atoms with Gasteiger partial charge >= 0.3 is 0 Å². The van der Waals surface area contributed by atoms with Crippen molar-refractivity contribution in [2.45, 2.75) is 11.8 Å². The number of hydrogen-bond donors (Lipinski definition) is 0. The molecule has 2 nitrogen and oxygen atoms in total. The Morgan fingerprint density at radius 1 is 1.06 bits per heavy atom. The van der Waals surface area contributed by atoms with Crippen LogP contribution in [0, 0.1) is 23.7 Å². The third kappa shape index (κ3) is 1.85. The maximum atomic E-state index is 11.8. The van der Waals surface area contributed by atoms with Crippen molar-refractivity contribution in [2.75, 3.05) is 0 Å². The van der Waals surface area contributed by atoms with Gasteiger partial charge in [-0.3, -0.25) is 9.59 Å². The van der Waals surface area contributed by atoms with Crippen LogP contribution in [0.4, 0.5) is 0 Å². The SMILES string of the molecule is CC1C=CC(C(Cl)Cl)C2C(=O)C=CC(=O)C12. The van der Waals surface area contributed by atoms with E-state index in [-0.39, 0.29) is 29.3 Å². The second kappa shape index (κ2) is 4.34. The predicted octanol–water partition coefficient (Wildman–Crippen LogP) is 2.55.